The second kappa shape index (κ2) is 9.94. The van der Waals surface area contributed by atoms with Crippen LogP contribution in [0.5, 0.6) is 0 Å². The number of carbonyl (C=O) groups excluding carboxylic acids is 2. The smallest absolute Gasteiger partial charge is 0.237 e. The molecule has 2 aromatic rings. The van der Waals surface area contributed by atoms with E-state index in [0.29, 0.717) is 6.54 Å². The van der Waals surface area contributed by atoms with Crippen molar-refractivity contribution in [2.45, 2.75) is 50.8 Å². The summed E-state index contributed by atoms with van der Waals surface area (Å²) in [5.41, 5.74) is 5.90. The molecule has 178 valence electrons. The maximum atomic E-state index is 12.9. The van der Waals surface area contributed by atoms with Gasteiger partial charge >= 0.3 is 0 Å². The maximum absolute atomic E-state index is 12.9. The highest BCUT2D eigenvalue weighted by molar-refractivity contribution is 8.04. The van der Waals surface area contributed by atoms with Crippen LogP contribution in [-0.4, -0.2) is 47.4 Å². The van der Waals surface area contributed by atoms with Crippen molar-refractivity contribution >= 4 is 29.1 Å². The average Bonchev–Trinajstić information content (AvgIpc) is 3.28. The molecule has 5 rings (SSSR count). The molecule has 0 saturated carbocycles. The minimum absolute atomic E-state index is 0.0125. The van der Waals surface area contributed by atoms with Crippen LogP contribution in [0.1, 0.15) is 35.1 Å². The number of fused-ring (bicyclic) bond motifs is 1. The Bertz CT molecular complexity index is 1090. The molecule has 7 heteroatoms. The van der Waals surface area contributed by atoms with E-state index in [1.54, 1.807) is 11.8 Å². The lowest BCUT2D eigenvalue weighted by Crippen LogP contribution is -2.68. The fraction of sp³-hybridized carbons (Fsp3) is 0.407. The van der Waals surface area contributed by atoms with Crippen LogP contribution >= 0.6 is 11.8 Å². The molecule has 2 saturated heterocycles. The van der Waals surface area contributed by atoms with Gasteiger partial charge in [-0.2, -0.15) is 0 Å². The molecule has 6 nitrogen and oxygen atoms in total. The second-order valence-corrected chi connectivity index (χ2v) is 10.6. The van der Waals surface area contributed by atoms with Crippen molar-refractivity contribution in [3.05, 3.63) is 76.2 Å². The number of hydrogen-bond donors (Lipinski definition) is 3. The zero-order chi connectivity index (χ0) is 23.7. The first-order chi connectivity index (χ1) is 16.5. The molecular formula is C27H32N4O2S. The average molecular weight is 477 g/mol. The van der Waals surface area contributed by atoms with E-state index in [4.69, 9.17) is 0 Å². The van der Waals surface area contributed by atoms with E-state index < -0.39 is 0 Å². The molecule has 3 heterocycles. The molecule has 3 atom stereocenters. The first-order valence-electron chi connectivity index (χ1n) is 12.0. The van der Waals surface area contributed by atoms with Crippen molar-refractivity contribution in [1.82, 2.24) is 20.9 Å². The largest absolute Gasteiger partial charge is 0.352 e. The molecule has 3 aliphatic rings. The number of carbonyl (C=O) groups is 2. The van der Waals surface area contributed by atoms with Crippen LogP contribution in [0.2, 0.25) is 0 Å². The SMILES string of the molecule is Cc1ccc(CNC(=O)C2CCN(C3NC(=O)C4SC=C(c5cccc(C)c5)C4N3)CC2)cc1. The predicted molar refractivity (Wildman–Crippen MR) is 137 cm³/mol. The van der Waals surface area contributed by atoms with Gasteiger partial charge in [0.1, 0.15) is 11.5 Å². The molecule has 0 aliphatic carbocycles. The Balaban J connectivity index is 1.16. The minimum Gasteiger partial charge on any atom is -0.352 e. The van der Waals surface area contributed by atoms with E-state index >= 15 is 0 Å². The summed E-state index contributed by atoms with van der Waals surface area (Å²) in [6, 6.07) is 16.7. The van der Waals surface area contributed by atoms with Crippen LogP contribution in [0.3, 0.4) is 0 Å². The Morgan fingerprint density at radius 2 is 1.85 bits per heavy atom. The third-order valence-corrected chi connectivity index (χ3v) is 8.23. The van der Waals surface area contributed by atoms with E-state index in [1.165, 1.54) is 22.3 Å². The molecule has 0 radical (unpaired) electrons. The van der Waals surface area contributed by atoms with Crippen LogP contribution in [0.25, 0.3) is 5.57 Å². The van der Waals surface area contributed by atoms with Gasteiger partial charge < -0.3 is 10.6 Å². The summed E-state index contributed by atoms with van der Waals surface area (Å²) in [5, 5.41) is 11.9. The summed E-state index contributed by atoms with van der Waals surface area (Å²) in [5.74, 6) is 0.215. The topological polar surface area (TPSA) is 73.5 Å². The van der Waals surface area contributed by atoms with E-state index in [1.807, 2.05) is 0 Å². The second-order valence-electron chi connectivity index (χ2n) is 9.57. The number of likely N-dealkylation sites (tertiary alicyclic amines) is 1. The van der Waals surface area contributed by atoms with Gasteiger partial charge in [0.2, 0.25) is 11.8 Å². The van der Waals surface area contributed by atoms with Crippen LogP contribution in [-0.2, 0) is 16.1 Å². The summed E-state index contributed by atoms with van der Waals surface area (Å²) in [6.07, 6.45) is 1.37. The Labute approximate surface area is 205 Å². The quantitative estimate of drug-likeness (QED) is 0.618. The molecular weight excluding hydrogens is 444 g/mol. The maximum Gasteiger partial charge on any atom is 0.237 e. The highest BCUT2D eigenvalue weighted by atomic mass is 32.2. The zero-order valence-corrected chi connectivity index (χ0v) is 20.5. The van der Waals surface area contributed by atoms with Gasteiger partial charge in [-0.3, -0.25) is 19.8 Å². The van der Waals surface area contributed by atoms with Gasteiger partial charge in [-0.25, -0.2) is 0 Å². The van der Waals surface area contributed by atoms with Gasteiger partial charge in [-0.1, -0.05) is 59.7 Å². The summed E-state index contributed by atoms with van der Waals surface area (Å²) in [6.45, 7) is 6.26. The van der Waals surface area contributed by atoms with E-state index in [0.717, 1.165) is 31.5 Å². The zero-order valence-electron chi connectivity index (χ0n) is 19.7. The van der Waals surface area contributed by atoms with Gasteiger partial charge in [0, 0.05) is 25.6 Å². The Kier molecular flexibility index (Phi) is 6.77. The van der Waals surface area contributed by atoms with Crippen molar-refractivity contribution in [3.8, 4) is 0 Å². The normalized spacial score (nSPS) is 25.4. The number of nitrogens with one attached hydrogen (secondary N) is 3. The molecule has 2 aromatic carbocycles. The van der Waals surface area contributed by atoms with Crippen LogP contribution in [0, 0.1) is 19.8 Å². The van der Waals surface area contributed by atoms with Gasteiger partial charge in [0.05, 0.1) is 6.04 Å². The molecule has 3 unspecified atom stereocenters. The molecule has 0 bridgehead atoms. The number of hydrogen-bond acceptors (Lipinski definition) is 5. The molecule has 3 aliphatic heterocycles. The van der Waals surface area contributed by atoms with Gasteiger partial charge in [0.15, 0.2) is 0 Å². The number of nitrogens with zero attached hydrogens (tertiary/aromatic N) is 1. The molecule has 34 heavy (non-hydrogen) atoms. The first-order valence-corrected chi connectivity index (χ1v) is 13.0. The Morgan fingerprint density at radius 1 is 1.09 bits per heavy atom. The Morgan fingerprint density at radius 3 is 2.59 bits per heavy atom. The summed E-state index contributed by atoms with van der Waals surface area (Å²) in [7, 11) is 0. The number of piperidine rings is 1. The number of amides is 2. The molecule has 0 spiro atoms. The molecule has 2 amide bonds. The van der Waals surface area contributed by atoms with E-state index in [2.05, 4.69) is 88.6 Å². The van der Waals surface area contributed by atoms with Crippen LogP contribution < -0.4 is 16.0 Å². The van der Waals surface area contributed by atoms with E-state index in [-0.39, 0.29) is 35.3 Å². The van der Waals surface area contributed by atoms with Crippen molar-refractivity contribution in [3.63, 3.8) is 0 Å². The monoisotopic (exact) mass is 476 g/mol. The fourth-order valence-corrected chi connectivity index (χ4v) is 6.16. The predicted octanol–water partition coefficient (Wildman–Crippen LogP) is 3.16. The lowest BCUT2D eigenvalue weighted by molar-refractivity contribution is -0.129. The standard InChI is InChI=1S/C27H32N4O2S/c1-17-6-8-19(9-7-17)15-28-25(32)20-10-12-31(13-11-20)27-29-23-22(16-34-24(23)26(33)30-27)21-5-3-4-18(2)14-21/h3-9,14,16,20,23-24,27,29H,10-13,15H2,1-2H3,(H,28,32)(H,30,33). The summed E-state index contributed by atoms with van der Waals surface area (Å²) in [4.78, 5) is 27.9. The number of rotatable bonds is 5. The van der Waals surface area contributed by atoms with Crippen molar-refractivity contribution in [2.24, 2.45) is 5.92 Å². The summed E-state index contributed by atoms with van der Waals surface area (Å²) >= 11 is 1.59. The van der Waals surface area contributed by atoms with Gasteiger partial charge in [0.25, 0.3) is 0 Å². The van der Waals surface area contributed by atoms with Crippen LogP contribution in [0.4, 0.5) is 0 Å². The van der Waals surface area contributed by atoms with Crippen molar-refractivity contribution < 1.29 is 9.59 Å². The lowest BCUT2D eigenvalue weighted by atomic mass is 9.94. The lowest BCUT2D eigenvalue weighted by Gasteiger charge is -2.43. The fourth-order valence-electron chi connectivity index (χ4n) is 5.01. The van der Waals surface area contributed by atoms with Gasteiger partial charge in [-0.15, -0.1) is 11.8 Å². The number of aryl methyl sites for hydroxylation is 2. The van der Waals surface area contributed by atoms with Crippen molar-refractivity contribution in [2.75, 3.05) is 13.1 Å². The molecule has 2 fully saturated rings. The molecule has 0 aromatic heterocycles. The first kappa shape index (κ1) is 23.1. The highest BCUT2D eigenvalue weighted by Gasteiger charge is 2.44. The van der Waals surface area contributed by atoms with E-state index in [9.17, 15) is 9.59 Å². The third-order valence-electron chi connectivity index (χ3n) is 7.06. The van der Waals surface area contributed by atoms with Crippen LogP contribution in [0.15, 0.2) is 53.9 Å². The number of thioether (sulfide) groups is 1. The number of benzene rings is 2. The van der Waals surface area contributed by atoms with Gasteiger partial charge in [-0.05, 0) is 48.8 Å². The third kappa shape index (κ3) is 4.92. The van der Waals surface area contributed by atoms with Crippen molar-refractivity contribution in [1.29, 1.82) is 0 Å². The Hall–Kier alpha value is -2.61. The summed E-state index contributed by atoms with van der Waals surface area (Å²) < 4.78 is 0. The molecule has 3 N–H and O–H groups in total. The highest BCUT2D eigenvalue weighted by Crippen LogP contribution is 2.39. The minimum atomic E-state index is -0.211.